The van der Waals surface area contributed by atoms with E-state index in [1.54, 1.807) is 19.1 Å². The van der Waals surface area contributed by atoms with Gasteiger partial charge in [0.15, 0.2) is 0 Å². The number of likely N-dealkylation sites (tertiary alicyclic amines) is 1. The van der Waals surface area contributed by atoms with E-state index in [9.17, 15) is 18.3 Å². The van der Waals surface area contributed by atoms with Crippen LogP contribution in [0.15, 0.2) is 23.1 Å². The lowest BCUT2D eigenvalue weighted by atomic mass is 10.0. The number of carbonyl (C=O) groups excluding carboxylic acids is 1. The summed E-state index contributed by atoms with van der Waals surface area (Å²) in [6.07, 6.45) is -0.705. The van der Waals surface area contributed by atoms with E-state index >= 15 is 0 Å². The van der Waals surface area contributed by atoms with Crippen molar-refractivity contribution in [3.8, 4) is 0 Å². The number of nitrogens with zero attached hydrogens (tertiary/aromatic N) is 1. The van der Waals surface area contributed by atoms with Crippen molar-refractivity contribution < 1.29 is 22.8 Å². The van der Waals surface area contributed by atoms with Crippen LogP contribution >= 0.6 is 0 Å². The summed E-state index contributed by atoms with van der Waals surface area (Å²) >= 11 is 0. The second kappa shape index (κ2) is 6.37. The molecule has 140 valence electrons. The number of nitrogens with one attached hydrogen (secondary N) is 1. The predicted octanol–water partition coefficient (Wildman–Crippen LogP) is 1.70. The number of aryl methyl sites for hydroxylation is 2. The van der Waals surface area contributed by atoms with Crippen LogP contribution in [0.5, 0.6) is 0 Å². The third-order valence-electron chi connectivity index (χ3n) is 5.36. The first kappa shape index (κ1) is 19.9. The third kappa shape index (κ3) is 3.45. The molecule has 1 aromatic carbocycles. The quantitative estimate of drug-likeness (QED) is 0.823. The van der Waals surface area contributed by atoms with Crippen molar-refractivity contribution in [3.05, 3.63) is 29.3 Å². The maximum atomic E-state index is 12.8. The normalized spacial score (nSPS) is 27.4. The Morgan fingerprint density at radius 2 is 1.88 bits per heavy atom. The van der Waals surface area contributed by atoms with Gasteiger partial charge in [0.25, 0.3) is 6.09 Å². The van der Waals surface area contributed by atoms with Crippen molar-refractivity contribution in [1.82, 2.24) is 4.72 Å². The molecule has 3 atom stereocenters. The van der Waals surface area contributed by atoms with Crippen LogP contribution in [0.1, 0.15) is 45.2 Å². The van der Waals surface area contributed by atoms with Crippen LogP contribution in [0.3, 0.4) is 0 Å². The Labute approximate surface area is 150 Å². The largest absolute Gasteiger partial charge is 0.498 e. The molecular formula is C18H28N2O4S. The van der Waals surface area contributed by atoms with Crippen LogP contribution in [0.25, 0.3) is 0 Å². The first-order valence-electron chi connectivity index (χ1n) is 8.50. The predicted molar refractivity (Wildman–Crippen MR) is 94.4 cm³/mol. The Morgan fingerprint density at radius 1 is 1.28 bits per heavy atom. The highest BCUT2D eigenvalue weighted by atomic mass is 32.2. The van der Waals surface area contributed by atoms with Gasteiger partial charge in [0.2, 0.25) is 10.0 Å². The van der Waals surface area contributed by atoms with E-state index in [1.165, 1.54) is 0 Å². The summed E-state index contributed by atoms with van der Waals surface area (Å²) in [4.78, 5) is 12.2. The van der Waals surface area contributed by atoms with Crippen LogP contribution in [-0.2, 0) is 10.0 Å². The molecule has 1 saturated heterocycles. The summed E-state index contributed by atoms with van der Waals surface area (Å²) in [5, 5.41) is 11.9. The molecule has 2 rings (SSSR count). The third-order valence-corrected chi connectivity index (χ3v) is 7.03. The first-order chi connectivity index (χ1) is 11.3. The van der Waals surface area contributed by atoms with Gasteiger partial charge in [-0.2, -0.15) is 0 Å². The minimum absolute atomic E-state index is 0.178. The van der Waals surface area contributed by atoms with E-state index in [-0.39, 0.29) is 22.0 Å². The van der Waals surface area contributed by atoms with Gasteiger partial charge in [-0.25, -0.2) is 13.1 Å². The number of carbonyl (C=O) groups is 1. The van der Waals surface area contributed by atoms with Gasteiger partial charge in [-0.05, 0) is 58.7 Å². The van der Waals surface area contributed by atoms with E-state index in [0.29, 0.717) is 12.0 Å². The molecule has 1 unspecified atom stereocenters. The molecule has 0 aromatic heterocycles. The summed E-state index contributed by atoms with van der Waals surface area (Å²) in [5.74, 6) is 0. The van der Waals surface area contributed by atoms with Crippen molar-refractivity contribution in [2.45, 2.75) is 70.5 Å². The van der Waals surface area contributed by atoms with Crippen LogP contribution in [-0.4, -0.2) is 43.2 Å². The number of carboxylic acid groups (broad SMARTS) is 1. The van der Waals surface area contributed by atoms with E-state index in [1.807, 2.05) is 40.7 Å². The fourth-order valence-corrected chi connectivity index (χ4v) is 5.59. The SMILES string of the molecule is Cc1ccc(C)c(S(=O)(=O)N[C@@H]2C[C@H](C)[N+](C(=O)[O-])(C(C)(C)C)C2)c1. The summed E-state index contributed by atoms with van der Waals surface area (Å²) in [6, 6.07) is 4.59. The molecule has 1 heterocycles. The zero-order valence-corrected chi connectivity index (χ0v) is 16.6. The first-order valence-corrected chi connectivity index (χ1v) is 9.98. The topological polar surface area (TPSA) is 86.3 Å². The Balaban J connectivity index is 2.33. The van der Waals surface area contributed by atoms with Crippen LogP contribution < -0.4 is 9.83 Å². The minimum Gasteiger partial charge on any atom is -0.498 e. The molecule has 25 heavy (non-hydrogen) atoms. The van der Waals surface area contributed by atoms with Crippen molar-refractivity contribution in [2.75, 3.05) is 6.54 Å². The lowest BCUT2D eigenvalue weighted by Crippen LogP contribution is -2.69. The lowest BCUT2D eigenvalue weighted by molar-refractivity contribution is -0.928. The molecule has 7 heteroatoms. The summed E-state index contributed by atoms with van der Waals surface area (Å²) < 4.78 is 28.1. The maximum Gasteiger partial charge on any atom is 0.258 e. The second-order valence-electron chi connectivity index (χ2n) is 8.16. The number of quaternary nitrogens is 1. The lowest BCUT2D eigenvalue weighted by Gasteiger charge is -2.48. The Hall–Kier alpha value is -1.44. The molecule has 0 saturated carbocycles. The molecule has 0 radical (unpaired) electrons. The van der Waals surface area contributed by atoms with Gasteiger partial charge >= 0.3 is 0 Å². The van der Waals surface area contributed by atoms with Crippen LogP contribution in [0, 0.1) is 13.8 Å². The van der Waals surface area contributed by atoms with Gasteiger partial charge in [0.05, 0.1) is 22.5 Å². The van der Waals surface area contributed by atoms with Gasteiger partial charge in [0.1, 0.15) is 6.54 Å². The Morgan fingerprint density at radius 3 is 2.36 bits per heavy atom. The Kier molecular flexibility index (Phi) is 5.07. The van der Waals surface area contributed by atoms with Crippen LogP contribution in [0.4, 0.5) is 4.79 Å². The average molecular weight is 368 g/mol. The molecule has 1 amide bonds. The molecule has 6 nitrogen and oxygen atoms in total. The molecule has 1 aromatic rings. The van der Waals surface area contributed by atoms with Gasteiger partial charge in [0, 0.05) is 6.42 Å². The van der Waals surface area contributed by atoms with Gasteiger partial charge in [-0.15, -0.1) is 0 Å². The van der Waals surface area contributed by atoms with E-state index < -0.39 is 27.7 Å². The summed E-state index contributed by atoms with van der Waals surface area (Å²) in [7, 11) is -3.72. The molecular weight excluding hydrogens is 340 g/mol. The fraction of sp³-hybridized carbons (Fsp3) is 0.611. The standard InChI is InChI=1S/C18H28N2O4S/c1-12-7-8-13(2)16(9-12)25(23,24)19-15-10-14(3)20(11-15,17(21)22)18(4,5)6/h7-9,14-15,19H,10-11H2,1-6H3/t14-,15+,20?/m0/s1. The van der Waals surface area contributed by atoms with Crippen molar-refractivity contribution >= 4 is 16.1 Å². The fourth-order valence-electron chi connectivity index (χ4n) is 4.02. The van der Waals surface area contributed by atoms with Gasteiger partial charge in [-0.1, -0.05) is 12.1 Å². The number of amides is 1. The van der Waals surface area contributed by atoms with Crippen molar-refractivity contribution in [3.63, 3.8) is 0 Å². The van der Waals surface area contributed by atoms with Gasteiger partial charge in [-0.3, -0.25) is 4.48 Å². The smallest absolute Gasteiger partial charge is 0.258 e. The minimum atomic E-state index is -3.72. The Bertz CT molecular complexity index is 783. The molecule has 0 spiro atoms. The van der Waals surface area contributed by atoms with E-state index in [2.05, 4.69) is 4.72 Å². The number of sulfonamides is 1. The monoisotopic (exact) mass is 368 g/mol. The van der Waals surface area contributed by atoms with Gasteiger partial charge < -0.3 is 9.90 Å². The molecule has 1 fully saturated rings. The van der Waals surface area contributed by atoms with E-state index in [4.69, 9.17) is 0 Å². The number of rotatable bonds is 3. The van der Waals surface area contributed by atoms with Crippen molar-refractivity contribution in [1.29, 1.82) is 0 Å². The highest BCUT2D eigenvalue weighted by Gasteiger charge is 2.54. The average Bonchev–Trinajstić information content (AvgIpc) is 2.77. The van der Waals surface area contributed by atoms with Crippen molar-refractivity contribution in [2.24, 2.45) is 0 Å². The zero-order valence-electron chi connectivity index (χ0n) is 15.8. The maximum absolute atomic E-state index is 12.8. The number of hydrogen-bond acceptors (Lipinski definition) is 4. The second-order valence-corrected chi connectivity index (χ2v) is 9.84. The molecule has 0 bridgehead atoms. The highest BCUT2D eigenvalue weighted by Crippen LogP contribution is 2.36. The molecule has 1 N–H and O–H groups in total. The summed E-state index contributed by atoms with van der Waals surface area (Å²) in [5.41, 5.74) is 0.943. The molecule has 0 aliphatic carbocycles. The highest BCUT2D eigenvalue weighted by molar-refractivity contribution is 7.89. The summed E-state index contributed by atoms with van der Waals surface area (Å²) in [6.45, 7) is 11.2. The zero-order chi connectivity index (χ0) is 19.2. The molecule has 1 aliphatic rings. The number of hydrogen-bond donors (Lipinski definition) is 1. The van der Waals surface area contributed by atoms with E-state index in [0.717, 1.165) is 5.56 Å². The van der Waals surface area contributed by atoms with Crippen LogP contribution in [0.2, 0.25) is 0 Å². The molecule has 1 aliphatic heterocycles. The number of benzene rings is 1.